The van der Waals surface area contributed by atoms with E-state index in [1.165, 1.54) is 25.7 Å². The molecule has 0 aliphatic rings. The normalized spacial score (nSPS) is 13.6. The Bertz CT molecular complexity index is 200. The van der Waals surface area contributed by atoms with Crippen LogP contribution in [-0.2, 0) is 9.53 Å². The molecular formula is C13H27NO2. The summed E-state index contributed by atoms with van der Waals surface area (Å²) in [4.78, 5) is 11.2. The quantitative estimate of drug-likeness (QED) is 0.514. The van der Waals surface area contributed by atoms with E-state index in [4.69, 9.17) is 10.5 Å². The first-order valence-electron chi connectivity index (χ1n) is 6.31. The highest BCUT2D eigenvalue weighted by molar-refractivity contribution is 5.74. The molecule has 0 saturated carbocycles. The van der Waals surface area contributed by atoms with Crippen LogP contribution < -0.4 is 5.73 Å². The lowest BCUT2D eigenvalue weighted by Gasteiger charge is -2.24. The molecule has 0 rings (SSSR count). The molecule has 96 valence electrons. The molecule has 0 amide bonds. The van der Waals surface area contributed by atoms with Crippen LogP contribution in [0.1, 0.15) is 59.8 Å². The Morgan fingerprint density at radius 3 is 2.44 bits per heavy atom. The van der Waals surface area contributed by atoms with Crippen LogP contribution in [0, 0.1) is 5.41 Å². The molecule has 0 radical (unpaired) electrons. The first-order chi connectivity index (χ1) is 7.39. The third kappa shape index (κ3) is 7.69. The van der Waals surface area contributed by atoms with Crippen molar-refractivity contribution >= 4 is 5.97 Å². The number of carbonyl (C=O) groups excluding carboxylic acids is 1. The molecule has 0 aliphatic heterocycles. The molecule has 0 saturated heterocycles. The SMILES string of the molecule is CCCCCCC(C)(C)COC(=O)C(C)N. The zero-order valence-corrected chi connectivity index (χ0v) is 11.2. The van der Waals surface area contributed by atoms with E-state index in [0.717, 1.165) is 6.42 Å². The highest BCUT2D eigenvalue weighted by Gasteiger charge is 2.20. The molecule has 0 aromatic heterocycles. The molecule has 1 unspecified atom stereocenters. The van der Waals surface area contributed by atoms with Crippen molar-refractivity contribution in [2.45, 2.75) is 65.8 Å². The number of rotatable bonds is 8. The van der Waals surface area contributed by atoms with Gasteiger partial charge in [0.05, 0.1) is 6.61 Å². The Morgan fingerprint density at radius 1 is 1.31 bits per heavy atom. The van der Waals surface area contributed by atoms with Crippen molar-refractivity contribution < 1.29 is 9.53 Å². The Hall–Kier alpha value is -0.570. The fourth-order valence-electron chi connectivity index (χ4n) is 1.50. The molecule has 3 heteroatoms. The molecule has 2 N–H and O–H groups in total. The van der Waals surface area contributed by atoms with Gasteiger partial charge in [-0.2, -0.15) is 0 Å². The Morgan fingerprint density at radius 2 is 1.94 bits per heavy atom. The van der Waals surface area contributed by atoms with Crippen LogP contribution in [0.2, 0.25) is 0 Å². The van der Waals surface area contributed by atoms with Gasteiger partial charge in [0.2, 0.25) is 0 Å². The molecule has 0 aliphatic carbocycles. The van der Waals surface area contributed by atoms with Gasteiger partial charge >= 0.3 is 5.97 Å². The number of ether oxygens (including phenoxy) is 1. The standard InChI is InChI=1S/C13H27NO2/c1-5-6-7-8-9-13(3,4)10-16-12(15)11(2)14/h11H,5-10,14H2,1-4H3. The molecule has 0 fully saturated rings. The number of hydrogen-bond donors (Lipinski definition) is 1. The van der Waals surface area contributed by atoms with Gasteiger partial charge in [-0.25, -0.2) is 0 Å². The van der Waals surface area contributed by atoms with Crippen LogP contribution in [0.5, 0.6) is 0 Å². The Labute approximate surface area is 99.7 Å². The summed E-state index contributed by atoms with van der Waals surface area (Å²) in [6.07, 6.45) is 6.10. The first-order valence-corrected chi connectivity index (χ1v) is 6.31. The average Bonchev–Trinajstić information content (AvgIpc) is 2.21. The van der Waals surface area contributed by atoms with E-state index < -0.39 is 6.04 Å². The van der Waals surface area contributed by atoms with Crippen molar-refractivity contribution in [3.63, 3.8) is 0 Å². The van der Waals surface area contributed by atoms with Crippen LogP contribution in [0.25, 0.3) is 0 Å². The molecular weight excluding hydrogens is 202 g/mol. The van der Waals surface area contributed by atoms with Crippen molar-refractivity contribution in [1.29, 1.82) is 0 Å². The lowest BCUT2D eigenvalue weighted by atomic mass is 9.88. The fraction of sp³-hybridized carbons (Fsp3) is 0.923. The predicted molar refractivity (Wildman–Crippen MR) is 67.1 cm³/mol. The van der Waals surface area contributed by atoms with Gasteiger partial charge in [-0.05, 0) is 18.8 Å². The maximum Gasteiger partial charge on any atom is 0.322 e. The zero-order chi connectivity index (χ0) is 12.6. The maximum atomic E-state index is 11.2. The highest BCUT2D eigenvalue weighted by Crippen LogP contribution is 2.24. The molecule has 1 atom stereocenters. The maximum absolute atomic E-state index is 11.2. The minimum absolute atomic E-state index is 0.0677. The van der Waals surface area contributed by atoms with Gasteiger partial charge in [0.15, 0.2) is 0 Å². The number of esters is 1. The van der Waals surface area contributed by atoms with Crippen molar-refractivity contribution in [2.75, 3.05) is 6.61 Å². The van der Waals surface area contributed by atoms with E-state index in [2.05, 4.69) is 20.8 Å². The highest BCUT2D eigenvalue weighted by atomic mass is 16.5. The van der Waals surface area contributed by atoms with Crippen molar-refractivity contribution in [3.05, 3.63) is 0 Å². The molecule has 3 nitrogen and oxygen atoms in total. The van der Waals surface area contributed by atoms with Crippen molar-refractivity contribution in [2.24, 2.45) is 11.1 Å². The van der Waals surface area contributed by atoms with Gasteiger partial charge < -0.3 is 10.5 Å². The second-order valence-electron chi connectivity index (χ2n) is 5.37. The largest absolute Gasteiger partial charge is 0.464 e. The summed E-state index contributed by atoms with van der Waals surface area (Å²) in [5.41, 5.74) is 5.50. The van der Waals surface area contributed by atoms with Crippen LogP contribution in [0.15, 0.2) is 0 Å². The average molecular weight is 229 g/mol. The van der Waals surface area contributed by atoms with Gasteiger partial charge in [0.1, 0.15) is 6.04 Å². The fourth-order valence-corrected chi connectivity index (χ4v) is 1.50. The van der Waals surface area contributed by atoms with Crippen LogP contribution in [0.4, 0.5) is 0 Å². The molecule has 0 spiro atoms. The first kappa shape index (κ1) is 15.4. The second-order valence-corrected chi connectivity index (χ2v) is 5.37. The minimum atomic E-state index is -0.518. The lowest BCUT2D eigenvalue weighted by molar-refractivity contribution is -0.148. The van der Waals surface area contributed by atoms with E-state index in [0.29, 0.717) is 6.61 Å². The van der Waals surface area contributed by atoms with Crippen molar-refractivity contribution in [1.82, 2.24) is 0 Å². The van der Waals surface area contributed by atoms with Gasteiger partial charge in [-0.15, -0.1) is 0 Å². The number of carbonyl (C=O) groups is 1. The van der Waals surface area contributed by atoms with E-state index >= 15 is 0 Å². The zero-order valence-electron chi connectivity index (χ0n) is 11.2. The van der Waals surface area contributed by atoms with E-state index in [-0.39, 0.29) is 11.4 Å². The van der Waals surface area contributed by atoms with E-state index in [9.17, 15) is 4.79 Å². The van der Waals surface area contributed by atoms with Crippen LogP contribution in [0.3, 0.4) is 0 Å². The van der Waals surface area contributed by atoms with E-state index in [1.807, 2.05) is 0 Å². The third-order valence-corrected chi connectivity index (χ3v) is 2.68. The minimum Gasteiger partial charge on any atom is -0.464 e. The molecule has 0 bridgehead atoms. The number of unbranched alkanes of at least 4 members (excludes halogenated alkanes) is 3. The number of nitrogens with two attached hydrogens (primary N) is 1. The van der Waals surface area contributed by atoms with Gasteiger partial charge in [0, 0.05) is 0 Å². The summed E-state index contributed by atoms with van der Waals surface area (Å²) in [6, 6.07) is -0.518. The summed E-state index contributed by atoms with van der Waals surface area (Å²) >= 11 is 0. The summed E-state index contributed by atoms with van der Waals surface area (Å²) in [5.74, 6) is -0.304. The molecule has 0 heterocycles. The second kappa shape index (κ2) is 7.66. The third-order valence-electron chi connectivity index (χ3n) is 2.68. The van der Waals surface area contributed by atoms with Gasteiger partial charge in [0.25, 0.3) is 0 Å². The van der Waals surface area contributed by atoms with Crippen LogP contribution in [-0.4, -0.2) is 18.6 Å². The Kier molecular flexibility index (Phi) is 7.39. The molecule has 0 aromatic carbocycles. The number of hydrogen-bond acceptors (Lipinski definition) is 3. The Balaban J connectivity index is 3.73. The predicted octanol–water partition coefficient (Wildman–Crippen LogP) is 2.87. The topological polar surface area (TPSA) is 52.3 Å². The van der Waals surface area contributed by atoms with Gasteiger partial charge in [-0.1, -0.05) is 46.5 Å². The summed E-state index contributed by atoms with van der Waals surface area (Å²) < 4.78 is 5.16. The summed E-state index contributed by atoms with van der Waals surface area (Å²) in [7, 11) is 0. The van der Waals surface area contributed by atoms with Crippen LogP contribution >= 0.6 is 0 Å². The molecule has 16 heavy (non-hydrogen) atoms. The monoisotopic (exact) mass is 229 g/mol. The molecule has 0 aromatic rings. The van der Waals surface area contributed by atoms with E-state index in [1.54, 1.807) is 6.92 Å². The summed E-state index contributed by atoms with van der Waals surface area (Å²) in [5, 5.41) is 0. The summed E-state index contributed by atoms with van der Waals surface area (Å²) in [6.45, 7) is 8.59. The van der Waals surface area contributed by atoms with Gasteiger partial charge in [-0.3, -0.25) is 4.79 Å². The van der Waals surface area contributed by atoms with Crippen molar-refractivity contribution in [3.8, 4) is 0 Å². The smallest absolute Gasteiger partial charge is 0.322 e. The lowest BCUT2D eigenvalue weighted by Crippen LogP contribution is -2.32.